The smallest absolute Gasteiger partial charge is 0.295 e. The predicted molar refractivity (Wildman–Crippen MR) is 79.4 cm³/mol. The minimum atomic E-state index is -0.708. The maximum Gasteiger partial charge on any atom is 0.348 e. The Kier molecular flexibility index (Phi) is 3.15. The van der Waals surface area contributed by atoms with Crippen molar-refractivity contribution in [2.24, 2.45) is 0 Å². The summed E-state index contributed by atoms with van der Waals surface area (Å²) in [7, 11) is 0. The molecule has 0 saturated carbocycles. The fraction of sp³-hybridized carbons (Fsp3) is 0.0769. The van der Waals surface area contributed by atoms with E-state index in [2.05, 4.69) is 14.8 Å². The van der Waals surface area contributed by atoms with Gasteiger partial charge in [0, 0.05) is 5.56 Å². The first kappa shape index (κ1) is 13.3. The summed E-state index contributed by atoms with van der Waals surface area (Å²) in [6.07, 6.45) is 0. The van der Waals surface area contributed by atoms with Crippen LogP contribution < -0.4 is 16.7 Å². The van der Waals surface area contributed by atoms with Crippen LogP contribution in [-0.2, 0) is 0 Å². The van der Waals surface area contributed by atoms with Crippen molar-refractivity contribution < 1.29 is 4.79 Å². The van der Waals surface area contributed by atoms with Crippen molar-refractivity contribution in [3.05, 3.63) is 62.4 Å². The second kappa shape index (κ2) is 4.98. The minimum Gasteiger partial charge on any atom is -0.295 e. The van der Waals surface area contributed by atoms with Crippen LogP contribution in [0, 0.1) is 6.92 Å². The second-order valence-electron chi connectivity index (χ2n) is 4.35. The van der Waals surface area contributed by atoms with Crippen LogP contribution in [0.5, 0.6) is 0 Å². The summed E-state index contributed by atoms with van der Waals surface area (Å²) in [6.45, 7) is 1.67. The van der Waals surface area contributed by atoms with Crippen molar-refractivity contribution in [2.75, 3.05) is 5.43 Å². The van der Waals surface area contributed by atoms with Gasteiger partial charge >= 0.3 is 5.69 Å². The van der Waals surface area contributed by atoms with Crippen molar-refractivity contribution in [1.82, 2.24) is 14.0 Å². The maximum absolute atomic E-state index is 12.3. The summed E-state index contributed by atoms with van der Waals surface area (Å²) >= 11 is 1.03. The van der Waals surface area contributed by atoms with E-state index in [1.54, 1.807) is 37.3 Å². The highest BCUT2D eigenvalue weighted by molar-refractivity contribution is 7.12. The van der Waals surface area contributed by atoms with E-state index in [0.29, 0.717) is 26.2 Å². The molecule has 1 amide bonds. The second-order valence-corrected chi connectivity index (χ2v) is 5.12. The molecule has 7 nitrogen and oxygen atoms in total. The van der Waals surface area contributed by atoms with E-state index in [4.69, 9.17) is 0 Å². The Balaban J connectivity index is 2.09. The first-order valence-corrected chi connectivity index (χ1v) is 6.83. The highest BCUT2D eigenvalue weighted by atomic mass is 32.1. The van der Waals surface area contributed by atoms with Gasteiger partial charge < -0.3 is 0 Å². The number of amides is 1. The summed E-state index contributed by atoms with van der Waals surface area (Å²) in [5, 5.41) is 0.299. The third-order valence-electron chi connectivity index (χ3n) is 2.95. The third-order valence-corrected chi connectivity index (χ3v) is 3.81. The Morgan fingerprint density at radius 1 is 1.29 bits per heavy atom. The molecule has 0 aliphatic heterocycles. The Labute approximate surface area is 122 Å². The largest absolute Gasteiger partial charge is 0.348 e. The van der Waals surface area contributed by atoms with Gasteiger partial charge in [-0.1, -0.05) is 18.2 Å². The number of benzene rings is 1. The molecule has 0 aliphatic carbocycles. The summed E-state index contributed by atoms with van der Waals surface area (Å²) in [5.41, 5.74) is 1.86. The quantitative estimate of drug-likeness (QED) is 0.733. The molecular formula is C13H10N4O3S. The van der Waals surface area contributed by atoms with Gasteiger partial charge in [-0.25, -0.2) is 4.79 Å². The van der Waals surface area contributed by atoms with Crippen LogP contribution in [0.2, 0.25) is 0 Å². The topological polar surface area (TPSA) is 96.8 Å². The molecule has 0 bridgehead atoms. The molecule has 1 aromatic carbocycles. The summed E-state index contributed by atoms with van der Waals surface area (Å²) in [5.74, 6) is -0.539. The number of aromatic nitrogens is 3. The third kappa shape index (κ3) is 2.25. The average molecular weight is 302 g/mol. The van der Waals surface area contributed by atoms with Gasteiger partial charge in [-0.15, -0.1) is 0 Å². The van der Waals surface area contributed by atoms with E-state index in [-0.39, 0.29) is 0 Å². The minimum absolute atomic E-state index is 0.299. The van der Waals surface area contributed by atoms with Crippen LogP contribution in [0.3, 0.4) is 0 Å². The summed E-state index contributed by atoms with van der Waals surface area (Å²) in [4.78, 5) is 39.2. The lowest BCUT2D eigenvalue weighted by Gasteiger charge is -2.06. The van der Waals surface area contributed by atoms with Crippen molar-refractivity contribution >= 4 is 27.7 Å². The molecular weight excluding hydrogens is 292 g/mol. The monoisotopic (exact) mass is 302 g/mol. The fourth-order valence-corrected chi connectivity index (χ4v) is 2.70. The maximum atomic E-state index is 12.3. The van der Waals surface area contributed by atoms with Crippen molar-refractivity contribution in [3.8, 4) is 0 Å². The van der Waals surface area contributed by atoms with Crippen molar-refractivity contribution in [3.63, 3.8) is 0 Å². The zero-order valence-electron chi connectivity index (χ0n) is 10.9. The van der Waals surface area contributed by atoms with Crippen molar-refractivity contribution in [1.29, 1.82) is 0 Å². The first-order valence-electron chi connectivity index (χ1n) is 6.05. The number of carbonyl (C=O) groups excluding carboxylic acids is 1. The van der Waals surface area contributed by atoms with Gasteiger partial charge in [0.05, 0.1) is 11.1 Å². The number of rotatable bonds is 2. The lowest BCUT2D eigenvalue weighted by atomic mass is 10.2. The van der Waals surface area contributed by atoms with Gasteiger partial charge in [0.15, 0.2) is 0 Å². The lowest BCUT2D eigenvalue weighted by molar-refractivity contribution is 0.101. The molecule has 0 fully saturated rings. The molecule has 3 rings (SSSR count). The average Bonchev–Trinajstić information content (AvgIpc) is 2.85. The number of H-pyrrole nitrogens is 1. The zero-order chi connectivity index (χ0) is 15.0. The summed E-state index contributed by atoms with van der Waals surface area (Å²) in [6, 6.07) is 8.33. The molecule has 3 aromatic rings. The molecule has 8 heteroatoms. The number of aryl methyl sites for hydroxylation is 1. The van der Waals surface area contributed by atoms with E-state index in [1.807, 2.05) is 0 Å². The number of fused-ring (bicyclic) bond motifs is 1. The number of hydrogen-bond acceptors (Lipinski definition) is 5. The van der Waals surface area contributed by atoms with Gasteiger partial charge in [-0.2, -0.15) is 9.05 Å². The van der Waals surface area contributed by atoms with E-state index in [1.165, 1.54) is 0 Å². The van der Waals surface area contributed by atoms with Crippen LogP contribution in [0.25, 0.3) is 10.2 Å². The fourth-order valence-electron chi connectivity index (χ4n) is 1.92. The van der Waals surface area contributed by atoms with Crippen LogP contribution in [0.1, 0.15) is 16.1 Å². The number of aromatic amines is 1. The highest BCUT2D eigenvalue weighted by Gasteiger charge is 2.15. The number of hydrogen-bond donors (Lipinski definition) is 2. The Morgan fingerprint density at radius 2 is 2.00 bits per heavy atom. The predicted octanol–water partition coefficient (Wildman–Crippen LogP) is 0.839. The van der Waals surface area contributed by atoms with Gasteiger partial charge in [-0.05, 0) is 30.6 Å². The Morgan fingerprint density at radius 3 is 2.71 bits per heavy atom. The van der Waals surface area contributed by atoms with E-state index < -0.39 is 17.2 Å². The molecule has 0 radical (unpaired) electrons. The van der Waals surface area contributed by atoms with E-state index in [9.17, 15) is 14.4 Å². The highest BCUT2D eigenvalue weighted by Crippen LogP contribution is 2.13. The molecule has 0 spiro atoms. The van der Waals surface area contributed by atoms with E-state index >= 15 is 0 Å². The van der Waals surface area contributed by atoms with Crippen LogP contribution in [0.4, 0.5) is 0 Å². The molecule has 0 aliphatic rings. The van der Waals surface area contributed by atoms with Crippen LogP contribution in [-0.4, -0.2) is 19.9 Å². The lowest BCUT2D eigenvalue weighted by Crippen LogP contribution is -2.43. The molecule has 2 heterocycles. The van der Waals surface area contributed by atoms with Gasteiger partial charge in [-0.3, -0.25) is 20.0 Å². The molecule has 0 saturated heterocycles. The number of nitrogens with one attached hydrogen (secondary N) is 2. The van der Waals surface area contributed by atoms with Gasteiger partial charge in [0.1, 0.15) is 4.83 Å². The van der Waals surface area contributed by atoms with Gasteiger partial charge in [0.2, 0.25) is 0 Å². The molecule has 2 aromatic heterocycles. The SMILES string of the molecule is Cc1nsc2[nH]c(=O)n(NC(=O)c3ccccc3)c(=O)c12. The van der Waals surface area contributed by atoms with Crippen LogP contribution >= 0.6 is 11.5 Å². The van der Waals surface area contributed by atoms with Crippen LogP contribution in [0.15, 0.2) is 39.9 Å². The standard InChI is InChI=1S/C13H10N4O3S/c1-7-9-11(21-16-7)14-13(20)17(12(9)19)15-10(18)8-5-3-2-4-6-8/h2-6H,1H3,(H,14,20)(H,15,18). The Bertz CT molecular complexity index is 939. The zero-order valence-corrected chi connectivity index (χ0v) is 11.7. The molecule has 21 heavy (non-hydrogen) atoms. The first-order chi connectivity index (χ1) is 10.1. The van der Waals surface area contributed by atoms with Crippen molar-refractivity contribution in [2.45, 2.75) is 6.92 Å². The van der Waals surface area contributed by atoms with Gasteiger partial charge in [0.25, 0.3) is 11.5 Å². The number of nitrogens with zero attached hydrogens (tertiary/aromatic N) is 2. The normalized spacial score (nSPS) is 10.7. The molecule has 0 unspecified atom stereocenters. The number of carbonyl (C=O) groups is 1. The van der Waals surface area contributed by atoms with E-state index in [0.717, 1.165) is 11.5 Å². The summed E-state index contributed by atoms with van der Waals surface area (Å²) < 4.78 is 4.69. The molecule has 106 valence electrons. The Hall–Kier alpha value is -2.74. The molecule has 2 N–H and O–H groups in total. The molecule has 0 atom stereocenters.